The molecule has 2 aromatic carbocycles. The molecule has 0 spiro atoms. The van der Waals surface area contributed by atoms with E-state index in [9.17, 15) is 10.1 Å². The van der Waals surface area contributed by atoms with Crippen LogP contribution in [-0.4, -0.2) is 4.92 Å². The molecule has 104 valence electrons. The third-order valence-electron chi connectivity index (χ3n) is 3.31. The van der Waals surface area contributed by atoms with Crippen LogP contribution in [-0.2, 0) is 6.42 Å². The standard InChI is InChI=1S/C16H18N2O2/c1-12-9-14(11-15(10-12)18(19)20)16(17)8-7-13-5-3-2-4-6-13/h2-6,9-11,16H,7-8,17H2,1H3. The van der Waals surface area contributed by atoms with E-state index in [0.29, 0.717) is 0 Å². The average molecular weight is 270 g/mol. The van der Waals surface area contributed by atoms with Crippen molar-refractivity contribution in [3.8, 4) is 0 Å². The second kappa shape index (κ2) is 6.30. The Kier molecular flexibility index (Phi) is 4.48. The van der Waals surface area contributed by atoms with Crippen LogP contribution >= 0.6 is 0 Å². The topological polar surface area (TPSA) is 69.2 Å². The van der Waals surface area contributed by atoms with Gasteiger partial charge in [0.2, 0.25) is 0 Å². The third-order valence-corrected chi connectivity index (χ3v) is 3.31. The Labute approximate surface area is 118 Å². The van der Waals surface area contributed by atoms with Gasteiger partial charge in [0.1, 0.15) is 0 Å². The molecule has 1 atom stereocenters. The highest BCUT2D eigenvalue weighted by Crippen LogP contribution is 2.23. The van der Waals surface area contributed by atoms with Crippen LogP contribution in [0.25, 0.3) is 0 Å². The molecule has 2 rings (SSSR count). The zero-order chi connectivity index (χ0) is 14.5. The number of rotatable bonds is 5. The first-order valence-corrected chi connectivity index (χ1v) is 6.62. The van der Waals surface area contributed by atoms with E-state index >= 15 is 0 Å². The maximum atomic E-state index is 10.9. The van der Waals surface area contributed by atoms with Crippen LogP contribution in [0.15, 0.2) is 48.5 Å². The van der Waals surface area contributed by atoms with E-state index in [1.165, 1.54) is 5.56 Å². The number of aryl methyl sites for hydroxylation is 2. The number of hydrogen-bond acceptors (Lipinski definition) is 3. The molecule has 2 N–H and O–H groups in total. The number of nitrogens with two attached hydrogens (primary N) is 1. The highest BCUT2D eigenvalue weighted by atomic mass is 16.6. The average Bonchev–Trinajstić information content (AvgIpc) is 2.45. The van der Waals surface area contributed by atoms with Crippen molar-refractivity contribution in [3.63, 3.8) is 0 Å². The number of hydrogen-bond donors (Lipinski definition) is 1. The van der Waals surface area contributed by atoms with Crippen molar-refractivity contribution in [1.82, 2.24) is 0 Å². The fourth-order valence-corrected chi connectivity index (χ4v) is 2.24. The zero-order valence-corrected chi connectivity index (χ0v) is 11.5. The van der Waals surface area contributed by atoms with Gasteiger partial charge in [-0.15, -0.1) is 0 Å². The van der Waals surface area contributed by atoms with E-state index in [2.05, 4.69) is 12.1 Å². The molecule has 1 unspecified atom stereocenters. The monoisotopic (exact) mass is 270 g/mol. The van der Waals surface area contributed by atoms with E-state index in [4.69, 9.17) is 5.73 Å². The molecule has 0 aliphatic carbocycles. The van der Waals surface area contributed by atoms with Crippen LogP contribution < -0.4 is 5.73 Å². The van der Waals surface area contributed by atoms with Gasteiger partial charge >= 0.3 is 0 Å². The van der Waals surface area contributed by atoms with Crippen LogP contribution in [0.5, 0.6) is 0 Å². The molecular formula is C16H18N2O2. The maximum Gasteiger partial charge on any atom is 0.270 e. The lowest BCUT2D eigenvalue weighted by Gasteiger charge is -2.12. The summed E-state index contributed by atoms with van der Waals surface area (Å²) in [7, 11) is 0. The van der Waals surface area contributed by atoms with E-state index in [0.717, 1.165) is 24.0 Å². The summed E-state index contributed by atoms with van der Waals surface area (Å²) in [5.41, 5.74) is 9.18. The predicted molar refractivity (Wildman–Crippen MR) is 79.5 cm³/mol. The molecule has 0 radical (unpaired) electrons. The molecule has 0 aliphatic rings. The molecule has 4 heteroatoms. The van der Waals surface area contributed by atoms with Gasteiger partial charge in [-0.05, 0) is 36.5 Å². The van der Waals surface area contributed by atoms with Gasteiger partial charge in [0.15, 0.2) is 0 Å². The Hall–Kier alpha value is -2.20. The van der Waals surface area contributed by atoms with Gasteiger partial charge < -0.3 is 5.73 Å². The first kappa shape index (κ1) is 14.2. The van der Waals surface area contributed by atoms with Crippen LogP contribution in [0.1, 0.15) is 29.2 Å². The van der Waals surface area contributed by atoms with Crippen molar-refractivity contribution in [2.75, 3.05) is 0 Å². The molecular weight excluding hydrogens is 252 g/mol. The van der Waals surface area contributed by atoms with Crippen molar-refractivity contribution in [2.24, 2.45) is 5.73 Å². The SMILES string of the molecule is Cc1cc(C(N)CCc2ccccc2)cc([N+](=O)[O-])c1. The molecule has 2 aromatic rings. The van der Waals surface area contributed by atoms with Crippen LogP contribution in [0.2, 0.25) is 0 Å². The minimum atomic E-state index is -0.375. The highest BCUT2D eigenvalue weighted by molar-refractivity contribution is 5.40. The van der Waals surface area contributed by atoms with Crippen molar-refractivity contribution in [2.45, 2.75) is 25.8 Å². The zero-order valence-electron chi connectivity index (χ0n) is 11.5. The summed E-state index contributed by atoms with van der Waals surface area (Å²) in [6.45, 7) is 1.85. The Bertz CT molecular complexity index is 597. The lowest BCUT2D eigenvalue weighted by molar-refractivity contribution is -0.385. The van der Waals surface area contributed by atoms with Gasteiger partial charge in [-0.3, -0.25) is 10.1 Å². The molecule has 4 nitrogen and oxygen atoms in total. The summed E-state index contributed by atoms with van der Waals surface area (Å²) in [5, 5.41) is 10.9. The molecule has 0 bridgehead atoms. The molecule has 0 amide bonds. The van der Waals surface area contributed by atoms with Crippen LogP contribution in [0.3, 0.4) is 0 Å². The smallest absolute Gasteiger partial charge is 0.270 e. The van der Waals surface area contributed by atoms with Crippen molar-refractivity contribution in [1.29, 1.82) is 0 Å². The lowest BCUT2D eigenvalue weighted by atomic mass is 9.98. The summed E-state index contributed by atoms with van der Waals surface area (Å²) in [6.07, 6.45) is 1.63. The molecule has 0 heterocycles. The Morgan fingerprint density at radius 3 is 2.55 bits per heavy atom. The molecule has 0 saturated heterocycles. The molecule has 20 heavy (non-hydrogen) atoms. The second-order valence-electron chi connectivity index (χ2n) is 4.99. The molecule has 0 fully saturated rings. The number of non-ortho nitro benzene ring substituents is 1. The fourth-order valence-electron chi connectivity index (χ4n) is 2.24. The minimum absolute atomic E-state index is 0.107. The Balaban J connectivity index is 2.09. The molecule has 0 aliphatic heterocycles. The van der Waals surface area contributed by atoms with E-state index in [1.54, 1.807) is 12.1 Å². The third kappa shape index (κ3) is 3.65. The summed E-state index contributed by atoms with van der Waals surface area (Å²) < 4.78 is 0. The number of nitrogens with zero attached hydrogens (tertiary/aromatic N) is 1. The van der Waals surface area contributed by atoms with Gasteiger partial charge in [0.25, 0.3) is 5.69 Å². The first-order valence-electron chi connectivity index (χ1n) is 6.62. The van der Waals surface area contributed by atoms with Gasteiger partial charge in [-0.25, -0.2) is 0 Å². The quantitative estimate of drug-likeness (QED) is 0.667. The van der Waals surface area contributed by atoms with E-state index < -0.39 is 0 Å². The van der Waals surface area contributed by atoms with Crippen LogP contribution in [0, 0.1) is 17.0 Å². The summed E-state index contributed by atoms with van der Waals surface area (Å²) in [6, 6.07) is 15.0. The minimum Gasteiger partial charge on any atom is -0.324 e. The highest BCUT2D eigenvalue weighted by Gasteiger charge is 2.13. The van der Waals surface area contributed by atoms with E-state index in [1.807, 2.05) is 31.2 Å². The maximum absolute atomic E-state index is 10.9. The van der Waals surface area contributed by atoms with E-state index in [-0.39, 0.29) is 16.7 Å². The van der Waals surface area contributed by atoms with Crippen molar-refractivity contribution >= 4 is 5.69 Å². The Morgan fingerprint density at radius 1 is 1.20 bits per heavy atom. The van der Waals surface area contributed by atoms with Gasteiger partial charge in [0.05, 0.1) is 4.92 Å². The molecule has 0 saturated carbocycles. The van der Waals surface area contributed by atoms with Gasteiger partial charge in [0, 0.05) is 18.2 Å². The first-order chi connectivity index (χ1) is 9.56. The van der Waals surface area contributed by atoms with Gasteiger partial charge in [-0.1, -0.05) is 36.4 Å². The van der Waals surface area contributed by atoms with Crippen LogP contribution in [0.4, 0.5) is 5.69 Å². The van der Waals surface area contributed by atoms with Crippen molar-refractivity contribution < 1.29 is 4.92 Å². The van der Waals surface area contributed by atoms with Crippen molar-refractivity contribution in [3.05, 3.63) is 75.3 Å². The predicted octanol–water partition coefficient (Wildman–Crippen LogP) is 3.54. The Morgan fingerprint density at radius 2 is 1.90 bits per heavy atom. The van der Waals surface area contributed by atoms with Gasteiger partial charge in [-0.2, -0.15) is 0 Å². The molecule has 0 aromatic heterocycles. The summed E-state index contributed by atoms with van der Waals surface area (Å²) in [5.74, 6) is 0. The normalized spacial score (nSPS) is 12.1. The number of nitro groups is 1. The fraction of sp³-hybridized carbons (Fsp3) is 0.250. The lowest BCUT2D eigenvalue weighted by Crippen LogP contribution is -2.12. The second-order valence-corrected chi connectivity index (χ2v) is 4.99. The number of benzene rings is 2. The largest absolute Gasteiger partial charge is 0.324 e. The number of nitro benzene ring substituents is 1. The summed E-state index contributed by atoms with van der Waals surface area (Å²) in [4.78, 5) is 10.5. The summed E-state index contributed by atoms with van der Waals surface area (Å²) >= 11 is 0.